The monoisotopic (exact) mass is 245 g/mol. The topological polar surface area (TPSA) is 41.3 Å². The molecule has 0 aliphatic carbocycles. The number of rotatable bonds is 3. The number of hydrogen-bond acceptors (Lipinski definition) is 3. The zero-order valence-corrected chi connectivity index (χ0v) is 10.4. The van der Waals surface area contributed by atoms with Crippen molar-refractivity contribution in [2.45, 2.75) is 0 Å². The molecule has 0 amide bonds. The largest absolute Gasteiger partial charge is 0.395 e. The first-order valence-electron chi connectivity index (χ1n) is 5.67. The molecular formula is C14H16FN3. The summed E-state index contributed by atoms with van der Waals surface area (Å²) in [5, 5.41) is 3.16. The molecule has 0 aromatic heterocycles. The first-order valence-corrected chi connectivity index (χ1v) is 5.67. The van der Waals surface area contributed by atoms with Crippen LogP contribution in [0.1, 0.15) is 0 Å². The molecule has 2 aromatic carbocycles. The van der Waals surface area contributed by atoms with Crippen molar-refractivity contribution in [3.8, 4) is 0 Å². The maximum absolute atomic E-state index is 13.4. The van der Waals surface area contributed by atoms with Crippen LogP contribution in [-0.2, 0) is 0 Å². The molecule has 0 heterocycles. The van der Waals surface area contributed by atoms with Crippen LogP contribution in [0.3, 0.4) is 0 Å². The average Bonchev–Trinajstić information content (AvgIpc) is 2.35. The number of para-hydroxylation sites is 3. The Labute approximate surface area is 106 Å². The van der Waals surface area contributed by atoms with Crippen LogP contribution in [0, 0.1) is 5.82 Å². The number of anilines is 4. The smallest absolute Gasteiger partial charge is 0.148 e. The van der Waals surface area contributed by atoms with Gasteiger partial charge >= 0.3 is 0 Å². The van der Waals surface area contributed by atoms with Crippen molar-refractivity contribution in [3.63, 3.8) is 0 Å². The quantitative estimate of drug-likeness (QED) is 0.816. The first-order chi connectivity index (χ1) is 8.59. The van der Waals surface area contributed by atoms with Crippen molar-refractivity contribution in [1.29, 1.82) is 0 Å². The Hall–Kier alpha value is -2.23. The third-order valence-corrected chi connectivity index (χ3v) is 2.71. The Morgan fingerprint density at radius 2 is 1.67 bits per heavy atom. The number of nitrogens with two attached hydrogens (primary N) is 1. The van der Waals surface area contributed by atoms with Crippen LogP contribution in [0.15, 0.2) is 42.5 Å². The lowest BCUT2D eigenvalue weighted by atomic mass is 10.2. The summed E-state index contributed by atoms with van der Waals surface area (Å²) in [6, 6.07) is 12.5. The highest BCUT2D eigenvalue weighted by atomic mass is 19.1. The molecule has 0 spiro atoms. The number of nitrogen functional groups attached to an aromatic ring is 1. The molecule has 0 unspecified atom stereocenters. The molecule has 3 nitrogen and oxygen atoms in total. The van der Waals surface area contributed by atoms with Gasteiger partial charge < -0.3 is 16.0 Å². The van der Waals surface area contributed by atoms with E-state index in [0.717, 1.165) is 11.4 Å². The zero-order chi connectivity index (χ0) is 13.1. The third-order valence-electron chi connectivity index (χ3n) is 2.71. The average molecular weight is 245 g/mol. The van der Waals surface area contributed by atoms with E-state index >= 15 is 0 Å². The van der Waals surface area contributed by atoms with Gasteiger partial charge in [0.25, 0.3) is 0 Å². The minimum Gasteiger partial charge on any atom is -0.395 e. The minimum absolute atomic E-state index is 0.131. The van der Waals surface area contributed by atoms with E-state index in [2.05, 4.69) is 5.32 Å². The third kappa shape index (κ3) is 2.37. The maximum Gasteiger partial charge on any atom is 0.148 e. The van der Waals surface area contributed by atoms with Gasteiger partial charge in [0, 0.05) is 14.1 Å². The lowest BCUT2D eigenvalue weighted by Crippen LogP contribution is -2.11. The normalized spacial score (nSPS) is 10.2. The molecule has 0 fully saturated rings. The second-order valence-electron chi connectivity index (χ2n) is 4.24. The summed E-state index contributed by atoms with van der Waals surface area (Å²) >= 11 is 0. The minimum atomic E-state index is -0.415. The van der Waals surface area contributed by atoms with Crippen LogP contribution in [0.25, 0.3) is 0 Å². The molecule has 0 aliphatic heterocycles. The molecule has 2 rings (SSSR count). The maximum atomic E-state index is 13.4. The predicted molar refractivity (Wildman–Crippen MR) is 74.9 cm³/mol. The highest BCUT2D eigenvalue weighted by Gasteiger charge is 2.07. The second kappa shape index (κ2) is 4.96. The summed E-state index contributed by atoms with van der Waals surface area (Å²) in [6.07, 6.45) is 0. The van der Waals surface area contributed by atoms with Crippen molar-refractivity contribution in [2.75, 3.05) is 30.0 Å². The Balaban J connectivity index is 2.37. The van der Waals surface area contributed by atoms with E-state index in [0.29, 0.717) is 5.69 Å². The molecule has 0 bridgehead atoms. The number of hydrogen-bond donors (Lipinski definition) is 2. The fraction of sp³-hybridized carbons (Fsp3) is 0.143. The lowest BCUT2D eigenvalue weighted by Gasteiger charge is -2.19. The van der Waals surface area contributed by atoms with E-state index < -0.39 is 5.82 Å². The number of halogens is 1. The molecule has 2 aromatic rings. The molecule has 0 radical (unpaired) electrons. The van der Waals surface area contributed by atoms with Crippen LogP contribution < -0.4 is 16.0 Å². The number of nitrogens with zero attached hydrogens (tertiary/aromatic N) is 1. The first kappa shape index (κ1) is 12.2. The molecule has 94 valence electrons. The van der Waals surface area contributed by atoms with Gasteiger partial charge in [0.2, 0.25) is 0 Å². The van der Waals surface area contributed by atoms with Crippen LogP contribution >= 0.6 is 0 Å². The summed E-state index contributed by atoms with van der Waals surface area (Å²) in [5.41, 5.74) is 8.31. The van der Waals surface area contributed by atoms with Crippen molar-refractivity contribution >= 4 is 22.7 Å². The van der Waals surface area contributed by atoms with Crippen molar-refractivity contribution in [1.82, 2.24) is 0 Å². The van der Waals surface area contributed by atoms with Crippen LogP contribution in [0.4, 0.5) is 27.1 Å². The zero-order valence-electron chi connectivity index (χ0n) is 10.4. The Morgan fingerprint density at radius 3 is 2.39 bits per heavy atom. The molecule has 3 N–H and O–H groups in total. The molecule has 0 saturated heterocycles. The molecule has 4 heteroatoms. The van der Waals surface area contributed by atoms with Crippen molar-refractivity contribution in [3.05, 3.63) is 48.3 Å². The van der Waals surface area contributed by atoms with Gasteiger partial charge in [-0.25, -0.2) is 4.39 Å². The Bertz CT molecular complexity index is 552. The van der Waals surface area contributed by atoms with E-state index in [4.69, 9.17) is 5.73 Å². The highest BCUT2D eigenvalue weighted by molar-refractivity contribution is 5.79. The second-order valence-corrected chi connectivity index (χ2v) is 4.24. The van der Waals surface area contributed by atoms with Gasteiger partial charge in [-0.1, -0.05) is 18.2 Å². The molecule has 0 aliphatic rings. The van der Waals surface area contributed by atoms with E-state index in [9.17, 15) is 4.39 Å². The highest BCUT2D eigenvalue weighted by Crippen LogP contribution is 2.30. The van der Waals surface area contributed by atoms with Crippen LogP contribution in [0.2, 0.25) is 0 Å². The van der Waals surface area contributed by atoms with Crippen LogP contribution in [0.5, 0.6) is 0 Å². The fourth-order valence-corrected chi connectivity index (χ4v) is 1.76. The van der Waals surface area contributed by atoms with Crippen molar-refractivity contribution < 1.29 is 4.39 Å². The Morgan fingerprint density at radius 1 is 1.00 bits per heavy atom. The number of benzene rings is 2. The number of nitrogens with one attached hydrogen (secondary N) is 1. The van der Waals surface area contributed by atoms with Gasteiger partial charge in [-0.2, -0.15) is 0 Å². The summed E-state index contributed by atoms with van der Waals surface area (Å²) in [5.74, 6) is -0.415. The van der Waals surface area contributed by atoms with Crippen LogP contribution in [-0.4, -0.2) is 14.1 Å². The van der Waals surface area contributed by atoms with Gasteiger partial charge in [0.05, 0.1) is 22.7 Å². The summed E-state index contributed by atoms with van der Waals surface area (Å²) in [7, 11) is 3.91. The molecule has 0 saturated carbocycles. The predicted octanol–water partition coefficient (Wildman–Crippen LogP) is 3.22. The summed E-state index contributed by atoms with van der Waals surface area (Å²) in [6.45, 7) is 0. The van der Waals surface area contributed by atoms with Gasteiger partial charge in [0.15, 0.2) is 0 Å². The fourth-order valence-electron chi connectivity index (χ4n) is 1.76. The summed E-state index contributed by atoms with van der Waals surface area (Å²) in [4.78, 5) is 1.98. The van der Waals surface area contributed by atoms with Gasteiger partial charge in [-0.15, -0.1) is 0 Å². The standard InChI is InChI=1S/C14H16FN3/c1-18(2)13-9-4-3-7-11(13)17-12-8-5-6-10(15)14(12)16/h3-9,17H,16H2,1-2H3. The van der Waals surface area contributed by atoms with Crippen molar-refractivity contribution in [2.24, 2.45) is 0 Å². The van der Waals surface area contributed by atoms with Gasteiger partial charge in [-0.3, -0.25) is 0 Å². The Kier molecular flexibility index (Phi) is 3.37. The van der Waals surface area contributed by atoms with Gasteiger partial charge in [-0.05, 0) is 24.3 Å². The van der Waals surface area contributed by atoms with E-state index in [1.807, 2.05) is 43.3 Å². The summed E-state index contributed by atoms with van der Waals surface area (Å²) < 4.78 is 13.4. The molecule has 0 atom stereocenters. The van der Waals surface area contributed by atoms with Gasteiger partial charge in [0.1, 0.15) is 5.82 Å². The van der Waals surface area contributed by atoms with E-state index in [1.54, 1.807) is 12.1 Å². The van der Waals surface area contributed by atoms with E-state index in [-0.39, 0.29) is 5.69 Å². The van der Waals surface area contributed by atoms with E-state index in [1.165, 1.54) is 6.07 Å². The molecule has 18 heavy (non-hydrogen) atoms. The molecular weight excluding hydrogens is 229 g/mol. The lowest BCUT2D eigenvalue weighted by molar-refractivity contribution is 0.633. The SMILES string of the molecule is CN(C)c1ccccc1Nc1cccc(F)c1N.